The number of halogens is 5. The van der Waals surface area contributed by atoms with E-state index in [9.17, 15) is 22.8 Å². The highest BCUT2D eigenvalue weighted by atomic mass is 79.9. The Bertz CT molecular complexity index is 1280. The van der Waals surface area contributed by atoms with E-state index < -0.39 is 29.6 Å². The number of rotatable bonds is 8. The van der Waals surface area contributed by atoms with Gasteiger partial charge in [-0.15, -0.1) is 13.2 Å². The van der Waals surface area contributed by atoms with Crippen LogP contribution in [0.2, 0.25) is 0 Å². The van der Waals surface area contributed by atoms with Gasteiger partial charge in [-0.3, -0.25) is 4.79 Å². The van der Waals surface area contributed by atoms with Gasteiger partial charge in [-0.25, -0.2) is 19.7 Å². The third kappa shape index (κ3) is 6.35. The minimum Gasteiger partial charge on any atom is -0.406 e. The average molecular weight is 656 g/mol. The summed E-state index contributed by atoms with van der Waals surface area (Å²) in [5.41, 5.74) is 0.727. The smallest absolute Gasteiger partial charge is 0.406 e. The molecule has 0 spiro atoms. The highest BCUT2D eigenvalue weighted by molar-refractivity contribution is 9.10. The Labute approximate surface area is 234 Å². The molecule has 12 heteroatoms. The molecule has 3 aromatic rings. The number of alkyl halides is 3. The lowest BCUT2D eigenvalue weighted by Gasteiger charge is -2.32. The van der Waals surface area contributed by atoms with Crippen LogP contribution in [0.3, 0.4) is 0 Å². The number of urea groups is 1. The Balaban J connectivity index is 1.67. The van der Waals surface area contributed by atoms with Gasteiger partial charge in [0, 0.05) is 12.4 Å². The molecule has 0 radical (unpaired) electrons. The van der Waals surface area contributed by atoms with Crippen LogP contribution in [0.5, 0.6) is 5.75 Å². The number of pyridine rings is 2. The molecule has 1 aliphatic heterocycles. The minimum atomic E-state index is -4.85. The van der Waals surface area contributed by atoms with Crippen molar-refractivity contribution in [2.45, 2.75) is 50.4 Å². The lowest BCUT2D eigenvalue weighted by atomic mass is 9.77. The second kappa shape index (κ2) is 11.0. The molecule has 4 rings (SSSR count). The number of imide groups is 1. The molecule has 38 heavy (non-hydrogen) atoms. The molecule has 3 amide bonds. The quantitative estimate of drug-likeness (QED) is 0.207. The highest BCUT2D eigenvalue weighted by Gasteiger charge is 2.53. The predicted octanol–water partition coefficient (Wildman–Crippen LogP) is 7.08. The summed E-state index contributed by atoms with van der Waals surface area (Å²) < 4.78 is 42.9. The fraction of sp³-hybridized carbons (Fsp3) is 0.308. The maximum absolute atomic E-state index is 14.0. The maximum Gasteiger partial charge on any atom is 0.573 e. The number of carbonyl (C=O) groups is 2. The van der Waals surface area contributed by atoms with E-state index >= 15 is 0 Å². The van der Waals surface area contributed by atoms with E-state index in [4.69, 9.17) is 0 Å². The van der Waals surface area contributed by atoms with Gasteiger partial charge < -0.3 is 10.1 Å². The average Bonchev–Trinajstić information content (AvgIpc) is 3.07. The molecule has 2 unspecified atom stereocenters. The van der Waals surface area contributed by atoms with Gasteiger partial charge in [0.15, 0.2) is 0 Å². The Morgan fingerprint density at radius 2 is 1.42 bits per heavy atom. The first-order valence-corrected chi connectivity index (χ1v) is 13.2. The number of nitrogens with one attached hydrogen (secondary N) is 1. The molecular weight excluding hydrogens is 633 g/mol. The Kier molecular flexibility index (Phi) is 8.12. The fourth-order valence-corrected chi connectivity index (χ4v) is 5.51. The van der Waals surface area contributed by atoms with Crippen LogP contribution in [0.15, 0.2) is 70.1 Å². The molecule has 2 atom stereocenters. The maximum atomic E-state index is 14.0. The molecule has 0 saturated carbocycles. The molecule has 1 N–H and O–H groups in total. The summed E-state index contributed by atoms with van der Waals surface area (Å²) in [5.74, 6) is -1.21. The number of nitrogens with zero attached hydrogens (tertiary/aromatic N) is 3. The topological polar surface area (TPSA) is 84.4 Å². The monoisotopic (exact) mass is 654 g/mol. The first-order valence-electron chi connectivity index (χ1n) is 11.6. The van der Waals surface area contributed by atoms with E-state index in [-0.39, 0.29) is 30.4 Å². The molecule has 0 aliphatic carbocycles. The number of hydrogen-bond acceptors (Lipinski definition) is 5. The number of anilines is 1. The van der Waals surface area contributed by atoms with Crippen molar-refractivity contribution in [1.29, 1.82) is 0 Å². The van der Waals surface area contributed by atoms with Crippen LogP contribution in [-0.4, -0.2) is 33.8 Å². The minimum absolute atomic E-state index is 0.141. The third-order valence-corrected chi connectivity index (χ3v) is 7.31. The molecule has 1 saturated heterocycles. The fourth-order valence-electron chi connectivity index (χ4n) is 4.74. The van der Waals surface area contributed by atoms with Crippen LogP contribution in [0.1, 0.15) is 49.7 Å². The zero-order valence-electron chi connectivity index (χ0n) is 20.3. The lowest BCUT2D eigenvalue weighted by Crippen LogP contribution is -2.49. The molecule has 1 fully saturated rings. The van der Waals surface area contributed by atoms with Gasteiger partial charge in [-0.2, -0.15) is 0 Å². The second-order valence-electron chi connectivity index (χ2n) is 9.23. The standard InChI is InChI=1S/C26H23Br2F3N4O3/c1-15(17-7-9-32-21(27)11-17)13-25(14-16(2)18-8-10-33-22(28)12-18)23(36)35(24(37)34-25)19-3-5-20(6-4-19)38-26(29,30)31/h3-12,15-16H,13-14H2,1-2H3,(H,34,37). The first kappa shape index (κ1) is 28.0. The number of amides is 3. The Morgan fingerprint density at radius 3 is 1.87 bits per heavy atom. The van der Waals surface area contributed by atoms with Crippen molar-refractivity contribution in [3.8, 4) is 5.75 Å². The van der Waals surface area contributed by atoms with Crippen molar-refractivity contribution in [2.24, 2.45) is 0 Å². The van der Waals surface area contributed by atoms with Crippen LogP contribution in [-0.2, 0) is 4.79 Å². The van der Waals surface area contributed by atoms with Crippen LogP contribution in [0.25, 0.3) is 0 Å². The summed E-state index contributed by atoms with van der Waals surface area (Å²) in [6.07, 6.45) is -0.961. The van der Waals surface area contributed by atoms with Gasteiger partial charge in [0.1, 0.15) is 20.5 Å². The van der Waals surface area contributed by atoms with Crippen molar-refractivity contribution in [1.82, 2.24) is 15.3 Å². The van der Waals surface area contributed by atoms with Gasteiger partial charge in [0.05, 0.1) is 5.69 Å². The highest BCUT2D eigenvalue weighted by Crippen LogP contribution is 2.40. The molecule has 2 aromatic heterocycles. The SMILES string of the molecule is CC(CC1(CC(C)c2ccnc(Br)c2)NC(=O)N(c2ccc(OC(F)(F)F)cc2)C1=O)c1ccnc(Br)c1. The predicted molar refractivity (Wildman–Crippen MR) is 142 cm³/mol. The largest absolute Gasteiger partial charge is 0.573 e. The Morgan fingerprint density at radius 1 is 0.921 bits per heavy atom. The summed E-state index contributed by atoms with van der Waals surface area (Å²) in [7, 11) is 0. The van der Waals surface area contributed by atoms with Gasteiger partial charge in [-0.1, -0.05) is 13.8 Å². The number of aromatic nitrogens is 2. The summed E-state index contributed by atoms with van der Waals surface area (Å²) in [4.78, 5) is 36.5. The van der Waals surface area contributed by atoms with Crippen molar-refractivity contribution < 1.29 is 27.5 Å². The van der Waals surface area contributed by atoms with Crippen molar-refractivity contribution in [2.75, 3.05) is 4.90 Å². The van der Waals surface area contributed by atoms with Crippen LogP contribution in [0, 0.1) is 0 Å². The van der Waals surface area contributed by atoms with E-state index in [2.05, 4.69) is 51.9 Å². The molecule has 1 aromatic carbocycles. The number of ether oxygens (including phenoxy) is 1. The zero-order chi connectivity index (χ0) is 27.7. The van der Waals surface area contributed by atoms with Gasteiger partial charge in [-0.05, 0) is 116 Å². The van der Waals surface area contributed by atoms with Gasteiger partial charge >= 0.3 is 12.4 Å². The summed E-state index contributed by atoms with van der Waals surface area (Å²) in [5, 5.41) is 2.92. The van der Waals surface area contributed by atoms with Gasteiger partial charge in [0.2, 0.25) is 0 Å². The molecular formula is C26H23Br2F3N4O3. The van der Waals surface area contributed by atoms with E-state index in [1.165, 1.54) is 12.1 Å². The van der Waals surface area contributed by atoms with Crippen molar-refractivity contribution in [3.63, 3.8) is 0 Å². The van der Waals surface area contributed by atoms with Gasteiger partial charge in [0.25, 0.3) is 5.91 Å². The van der Waals surface area contributed by atoms with Crippen molar-refractivity contribution in [3.05, 3.63) is 81.3 Å². The number of carbonyl (C=O) groups excluding carboxylic acids is 2. The molecule has 0 bridgehead atoms. The van der Waals surface area contributed by atoms with Crippen LogP contribution >= 0.6 is 31.9 Å². The van der Waals surface area contributed by atoms with E-state index in [0.29, 0.717) is 9.21 Å². The third-order valence-electron chi connectivity index (χ3n) is 6.44. The van der Waals surface area contributed by atoms with Crippen LogP contribution in [0.4, 0.5) is 23.7 Å². The second-order valence-corrected chi connectivity index (χ2v) is 10.9. The number of hydrogen-bond donors (Lipinski definition) is 1. The van der Waals surface area contributed by atoms with E-state index in [1.807, 2.05) is 38.1 Å². The molecule has 1 aliphatic rings. The normalized spacial score (nSPS) is 19.3. The molecule has 7 nitrogen and oxygen atoms in total. The van der Waals surface area contributed by atoms with Crippen LogP contribution < -0.4 is 15.0 Å². The zero-order valence-corrected chi connectivity index (χ0v) is 23.5. The summed E-state index contributed by atoms with van der Waals surface area (Å²) in [6.45, 7) is 3.92. The molecule has 200 valence electrons. The number of benzene rings is 1. The Hall–Kier alpha value is -2.99. The van der Waals surface area contributed by atoms with E-state index in [1.54, 1.807) is 12.4 Å². The molecule has 3 heterocycles. The lowest BCUT2D eigenvalue weighted by molar-refractivity contribution is -0.274. The van der Waals surface area contributed by atoms with Crippen molar-refractivity contribution >= 4 is 49.5 Å². The first-order chi connectivity index (χ1) is 17.9. The van der Waals surface area contributed by atoms with E-state index in [0.717, 1.165) is 28.2 Å². The summed E-state index contributed by atoms with van der Waals surface area (Å²) >= 11 is 6.75. The summed E-state index contributed by atoms with van der Waals surface area (Å²) in [6, 6.07) is 11.4.